The van der Waals surface area contributed by atoms with Crippen LogP contribution in [-0.2, 0) is 12.8 Å². The number of nitrogens with zero attached hydrogens (tertiary/aromatic N) is 3. The predicted octanol–water partition coefficient (Wildman–Crippen LogP) is 5.16. The first-order valence-electron chi connectivity index (χ1n) is 9.35. The van der Waals surface area contributed by atoms with Crippen LogP contribution >= 0.6 is 11.3 Å². The van der Waals surface area contributed by atoms with E-state index in [1.165, 1.54) is 39.5 Å². The quantitative estimate of drug-likeness (QED) is 0.688. The molecule has 0 aliphatic heterocycles. The van der Waals surface area contributed by atoms with E-state index in [0.717, 1.165) is 37.0 Å². The maximum Gasteiger partial charge on any atom is 0.166 e. The molecule has 132 valence electrons. The molecule has 3 aromatic rings. The molecule has 0 amide bonds. The van der Waals surface area contributed by atoms with Gasteiger partial charge in [0.2, 0.25) is 0 Å². The van der Waals surface area contributed by atoms with Crippen molar-refractivity contribution in [3.05, 3.63) is 34.0 Å². The Bertz CT molecular complexity index is 918. The third-order valence-electron chi connectivity index (χ3n) is 5.27. The summed E-state index contributed by atoms with van der Waals surface area (Å²) in [5.74, 6) is 1.17. The van der Waals surface area contributed by atoms with Gasteiger partial charge < -0.3 is 5.32 Å². The fourth-order valence-corrected chi connectivity index (χ4v) is 4.81. The van der Waals surface area contributed by atoms with Gasteiger partial charge in [-0.2, -0.15) is 9.61 Å². The third kappa shape index (κ3) is 2.74. The summed E-state index contributed by atoms with van der Waals surface area (Å²) >= 11 is 1.78. The molecule has 0 saturated carbocycles. The summed E-state index contributed by atoms with van der Waals surface area (Å²) in [5, 5.41) is 10.9. The lowest BCUT2D eigenvalue weighted by Crippen LogP contribution is -2.21. The van der Waals surface area contributed by atoms with Crippen molar-refractivity contribution in [3.8, 4) is 10.4 Å². The highest BCUT2D eigenvalue weighted by Crippen LogP contribution is 2.37. The number of aryl methyl sites for hydroxylation is 3. The molecular formula is C20H26N4S. The van der Waals surface area contributed by atoms with Gasteiger partial charge in [0.1, 0.15) is 5.82 Å². The number of hydrogen-bond acceptors (Lipinski definition) is 4. The van der Waals surface area contributed by atoms with E-state index in [1.807, 2.05) is 0 Å². The van der Waals surface area contributed by atoms with Crippen LogP contribution in [0.3, 0.4) is 0 Å². The Balaban J connectivity index is 1.95. The molecule has 1 aliphatic carbocycles. The summed E-state index contributed by atoms with van der Waals surface area (Å²) in [7, 11) is 0. The van der Waals surface area contributed by atoms with Gasteiger partial charge in [-0.15, -0.1) is 11.3 Å². The van der Waals surface area contributed by atoms with Gasteiger partial charge in [0, 0.05) is 22.2 Å². The fraction of sp³-hybridized carbons (Fsp3) is 0.500. The highest BCUT2D eigenvalue weighted by atomic mass is 32.1. The number of anilines is 1. The Kier molecular flexibility index (Phi) is 4.28. The largest absolute Gasteiger partial charge is 0.367 e. The molecule has 4 rings (SSSR count). The summed E-state index contributed by atoms with van der Waals surface area (Å²) < 4.78 is 2.07. The lowest BCUT2D eigenvalue weighted by atomic mass is 10.1. The average molecular weight is 355 g/mol. The molecule has 1 aliphatic rings. The summed E-state index contributed by atoms with van der Waals surface area (Å²) in [6.45, 7) is 8.74. The van der Waals surface area contributed by atoms with Gasteiger partial charge in [0.15, 0.2) is 5.65 Å². The summed E-state index contributed by atoms with van der Waals surface area (Å²) in [4.78, 5) is 6.32. The highest BCUT2D eigenvalue weighted by molar-refractivity contribution is 7.13. The van der Waals surface area contributed by atoms with Crippen molar-refractivity contribution >= 4 is 22.8 Å². The number of nitrogens with one attached hydrogen (secondary N) is 1. The zero-order chi connectivity index (χ0) is 17.6. The van der Waals surface area contributed by atoms with Crippen LogP contribution < -0.4 is 5.32 Å². The van der Waals surface area contributed by atoms with E-state index in [9.17, 15) is 0 Å². The normalized spacial score (nSPS) is 13.8. The molecule has 0 atom stereocenters. The van der Waals surface area contributed by atoms with Gasteiger partial charge in [0.05, 0.1) is 11.3 Å². The smallest absolute Gasteiger partial charge is 0.166 e. The third-order valence-corrected chi connectivity index (χ3v) is 6.33. The van der Waals surface area contributed by atoms with E-state index in [2.05, 4.69) is 49.0 Å². The molecule has 0 spiro atoms. The van der Waals surface area contributed by atoms with Gasteiger partial charge >= 0.3 is 0 Å². The second-order valence-corrected chi connectivity index (χ2v) is 7.99. The van der Waals surface area contributed by atoms with E-state index < -0.39 is 0 Å². The predicted molar refractivity (Wildman–Crippen MR) is 106 cm³/mol. The minimum absolute atomic E-state index is 0.479. The molecule has 0 unspecified atom stereocenters. The Hall–Kier alpha value is -1.88. The van der Waals surface area contributed by atoms with Crippen molar-refractivity contribution in [2.24, 2.45) is 0 Å². The highest BCUT2D eigenvalue weighted by Gasteiger charge is 2.25. The standard InChI is InChI=1S/C20H26N4S/c1-5-14(6-2)21-19-15-8-7-9-16(15)22-20-18(13(4)23-24(19)20)17-10-12(3)11-25-17/h10-11,14,21H,5-9H2,1-4H3. The lowest BCUT2D eigenvalue weighted by Gasteiger charge is -2.19. The molecule has 25 heavy (non-hydrogen) atoms. The van der Waals surface area contributed by atoms with Crippen molar-refractivity contribution in [2.75, 3.05) is 5.32 Å². The molecule has 0 aromatic carbocycles. The van der Waals surface area contributed by atoms with Crippen LogP contribution in [0.1, 0.15) is 55.6 Å². The molecule has 0 fully saturated rings. The second kappa shape index (κ2) is 6.45. The molecule has 0 bridgehead atoms. The fourth-order valence-electron chi connectivity index (χ4n) is 3.82. The van der Waals surface area contributed by atoms with E-state index in [1.54, 1.807) is 11.3 Å². The van der Waals surface area contributed by atoms with Crippen molar-refractivity contribution in [1.29, 1.82) is 0 Å². The van der Waals surface area contributed by atoms with E-state index in [-0.39, 0.29) is 0 Å². The van der Waals surface area contributed by atoms with Crippen LogP contribution in [0.5, 0.6) is 0 Å². The first kappa shape index (κ1) is 16.6. The van der Waals surface area contributed by atoms with E-state index in [0.29, 0.717) is 6.04 Å². The van der Waals surface area contributed by atoms with E-state index in [4.69, 9.17) is 10.1 Å². The molecular weight excluding hydrogens is 328 g/mol. The van der Waals surface area contributed by atoms with Crippen molar-refractivity contribution in [1.82, 2.24) is 14.6 Å². The molecule has 5 heteroatoms. The molecule has 3 heterocycles. The average Bonchev–Trinajstić information content (AvgIpc) is 3.30. The molecule has 3 aromatic heterocycles. The van der Waals surface area contributed by atoms with Gasteiger partial charge in [-0.25, -0.2) is 4.98 Å². The second-order valence-electron chi connectivity index (χ2n) is 7.08. The molecule has 4 nitrogen and oxygen atoms in total. The van der Waals surface area contributed by atoms with Crippen molar-refractivity contribution in [3.63, 3.8) is 0 Å². The first-order valence-corrected chi connectivity index (χ1v) is 10.2. The zero-order valence-corrected chi connectivity index (χ0v) is 16.3. The van der Waals surface area contributed by atoms with Crippen molar-refractivity contribution < 1.29 is 0 Å². The SMILES string of the molecule is CCC(CC)Nc1c2c(nc3c(-c4cc(C)cs4)c(C)nn13)CCC2. The van der Waals surface area contributed by atoms with E-state index >= 15 is 0 Å². The van der Waals surface area contributed by atoms with Gasteiger partial charge in [-0.3, -0.25) is 0 Å². The maximum atomic E-state index is 5.05. The Morgan fingerprint density at radius 3 is 2.72 bits per heavy atom. The van der Waals surface area contributed by atoms with Crippen LogP contribution in [0.25, 0.3) is 16.1 Å². The molecule has 0 radical (unpaired) electrons. The first-order chi connectivity index (χ1) is 12.1. The van der Waals surface area contributed by atoms with Crippen LogP contribution in [0.15, 0.2) is 11.4 Å². The number of aromatic nitrogens is 3. The Labute approximate surface area is 153 Å². The monoisotopic (exact) mass is 354 g/mol. The van der Waals surface area contributed by atoms with Gasteiger partial charge in [-0.05, 0) is 63.0 Å². The number of rotatable bonds is 5. The summed E-state index contributed by atoms with van der Waals surface area (Å²) in [6, 6.07) is 2.73. The topological polar surface area (TPSA) is 42.2 Å². The zero-order valence-electron chi connectivity index (χ0n) is 15.5. The minimum atomic E-state index is 0.479. The van der Waals surface area contributed by atoms with Crippen LogP contribution in [0.2, 0.25) is 0 Å². The Morgan fingerprint density at radius 2 is 2.04 bits per heavy atom. The summed E-state index contributed by atoms with van der Waals surface area (Å²) in [5.41, 5.74) is 7.20. The minimum Gasteiger partial charge on any atom is -0.367 e. The van der Waals surface area contributed by atoms with Crippen LogP contribution in [-0.4, -0.2) is 20.6 Å². The molecule has 1 N–H and O–H groups in total. The maximum absolute atomic E-state index is 5.05. The van der Waals surface area contributed by atoms with Gasteiger partial charge in [0.25, 0.3) is 0 Å². The summed E-state index contributed by atoms with van der Waals surface area (Å²) in [6.07, 6.45) is 5.61. The van der Waals surface area contributed by atoms with Crippen molar-refractivity contribution in [2.45, 2.75) is 65.8 Å². The number of fused-ring (bicyclic) bond motifs is 2. The number of thiophene rings is 1. The lowest BCUT2D eigenvalue weighted by molar-refractivity contribution is 0.661. The van der Waals surface area contributed by atoms with Crippen LogP contribution in [0.4, 0.5) is 5.82 Å². The number of hydrogen-bond donors (Lipinski definition) is 1. The van der Waals surface area contributed by atoms with Crippen LogP contribution in [0, 0.1) is 13.8 Å². The molecule has 0 saturated heterocycles. The Morgan fingerprint density at radius 1 is 1.24 bits per heavy atom. The van der Waals surface area contributed by atoms with Gasteiger partial charge in [-0.1, -0.05) is 13.8 Å².